The Hall–Kier alpha value is -3.29. The van der Waals surface area contributed by atoms with Crippen molar-refractivity contribution in [1.82, 2.24) is 21.2 Å². The molecular weight excluding hydrogens is 300 g/mol. The van der Waals surface area contributed by atoms with Crippen LogP contribution < -0.4 is 25.6 Å². The molecule has 1 aliphatic heterocycles. The van der Waals surface area contributed by atoms with Crippen molar-refractivity contribution < 1.29 is 19.1 Å². The Morgan fingerprint density at radius 2 is 1.83 bits per heavy atom. The van der Waals surface area contributed by atoms with Crippen molar-refractivity contribution >= 4 is 11.9 Å². The van der Waals surface area contributed by atoms with Gasteiger partial charge in [0.15, 0.2) is 11.5 Å². The Balaban J connectivity index is 1.48. The Labute approximate surface area is 131 Å². The number of ether oxygens (including phenoxy) is 2. The molecule has 0 fully saturated rings. The van der Waals surface area contributed by atoms with Crippen molar-refractivity contribution in [3.63, 3.8) is 0 Å². The first-order valence-corrected chi connectivity index (χ1v) is 6.85. The van der Waals surface area contributed by atoms with Crippen LogP contribution in [0.2, 0.25) is 0 Å². The van der Waals surface area contributed by atoms with Crippen LogP contribution in [0.3, 0.4) is 0 Å². The van der Waals surface area contributed by atoms with E-state index in [1.807, 2.05) is 0 Å². The van der Waals surface area contributed by atoms with Crippen LogP contribution in [0.25, 0.3) is 0 Å². The average molecular weight is 314 g/mol. The second kappa shape index (κ2) is 6.65. The largest absolute Gasteiger partial charge is 0.454 e. The summed E-state index contributed by atoms with van der Waals surface area (Å²) in [4.78, 5) is 27.5. The van der Waals surface area contributed by atoms with Gasteiger partial charge in [-0.1, -0.05) is 0 Å². The highest BCUT2D eigenvalue weighted by Crippen LogP contribution is 2.32. The summed E-state index contributed by atoms with van der Waals surface area (Å²) in [5.41, 5.74) is 5.85. The van der Waals surface area contributed by atoms with Crippen LogP contribution in [0.4, 0.5) is 4.79 Å². The molecule has 0 aliphatic carbocycles. The highest BCUT2D eigenvalue weighted by atomic mass is 16.7. The van der Waals surface area contributed by atoms with Crippen molar-refractivity contribution in [1.29, 1.82) is 0 Å². The van der Waals surface area contributed by atoms with E-state index in [4.69, 9.17) is 9.47 Å². The van der Waals surface area contributed by atoms with Gasteiger partial charge < -0.3 is 14.8 Å². The molecule has 2 aromatic rings. The predicted molar refractivity (Wildman–Crippen MR) is 79.6 cm³/mol. The normalized spacial score (nSPS) is 11.7. The van der Waals surface area contributed by atoms with E-state index in [-0.39, 0.29) is 6.79 Å². The third kappa shape index (κ3) is 3.67. The zero-order valence-corrected chi connectivity index (χ0v) is 12.0. The predicted octanol–water partition coefficient (Wildman–Crippen LogP) is 0.954. The maximum Gasteiger partial charge on any atom is 0.333 e. The number of hydrogen-bond acceptors (Lipinski definition) is 5. The fourth-order valence-corrected chi connectivity index (χ4v) is 1.95. The van der Waals surface area contributed by atoms with Gasteiger partial charge in [-0.3, -0.25) is 15.2 Å². The lowest BCUT2D eigenvalue weighted by Crippen LogP contribution is -2.46. The highest BCUT2D eigenvalue weighted by Gasteiger charge is 2.16. The molecule has 3 rings (SSSR count). The van der Waals surface area contributed by atoms with Crippen molar-refractivity contribution in [3.8, 4) is 11.5 Å². The molecule has 0 unspecified atom stereocenters. The number of nitrogens with one attached hydrogen (secondary N) is 3. The van der Waals surface area contributed by atoms with E-state index in [0.29, 0.717) is 23.6 Å². The number of carbonyl (C=O) groups excluding carboxylic acids is 2. The van der Waals surface area contributed by atoms with Gasteiger partial charge in [0.2, 0.25) is 6.79 Å². The molecule has 0 saturated carbocycles. The van der Waals surface area contributed by atoms with E-state index < -0.39 is 11.9 Å². The van der Waals surface area contributed by atoms with E-state index in [2.05, 4.69) is 21.2 Å². The summed E-state index contributed by atoms with van der Waals surface area (Å²) in [6.07, 6.45) is 3.27. The molecule has 0 radical (unpaired) electrons. The molecular formula is C15H14N4O4. The third-order valence-electron chi connectivity index (χ3n) is 3.13. The van der Waals surface area contributed by atoms with Crippen LogP contribution in [0.5, 0.6) is 11.5 Å². The van der Waals surface area contributed by atoms with Crippen LogP contribution in [-0.4, -0.2) is 23.7 Å². The van der Waals surface area contributed by atoms with E-state index >= 15 is 0 Å². The summed E-state index contributed by atoms with van der Waals surface area (Å²) in [5.74, 6) is 0.631. The van der Waals surface area contributed by atoms with Gasteiger partial charge in [-0.25, -0.2) is 10.2 Å². The summed E-state index contributed by atoms with van der Waals surface area (Å²) in [5, 5.41) is 2.61. The lowest BCUT2D eigenvalue weighted by molar-refractivity contribution is 0.0936. The molecule has 3 N–H and O–H groups in total. The Kier molecular flexibility index (Phi) is 4.23. The SMILES string of the molecule is O=C(NCc1ccncc1)NNC(=O)c1ccc2c(c1)OCO2. The van der Waals surface area contributed by atoms with Gasteiger partial charge in [0.1, 0.15) is 0 Å². The number of pyridine rings is 1. The number of rotatable bonds is 3. The summed E-state index contributed by atoms with van der Waals surface area (Å²) in [6, 6.07) is 7.82. The highest BCUT2D eigenvalue weighted by molar-refractivity contribution is 5.95. The number of fused-ring (bicyclic) bond motifs is 1. The fourth-order valence-electron chi connectivity index (χ4n) is 1.95. The van der Waals surface area contributed by atoms with E-state index in [9.17, 15) is 9.59 Å². The quantitative estimate of drug-likeness (QED) is 0.732. The number of carbonyl (C=O) groups is 2. The van der Waals surface area contributed by atoms with Gasteiger partial charge in [-0.2, -0.15) is 0 Å². The molecule has 3 amide bonds. The minimum absolute atomic E-state index is 0.135. The number of hydrogen-bond donors (Lipinski definition) is 3. The minimum Gasteiger partial charge on any atom is -0.454 e. The maximum absolute atomic E-state index is 12.0. The summed E-state index contributed by atoms with van der Waals surface area (Å²) >= 11 is 0. The van der Waals surface area contributed by atoms with Gasteiger partial charge in [-0.15, -0.1) is 0 Å². The lowest BCUT2D eigenvalue weighted by Gasteiger charge is -2.09. The Morgan fingerprint density at radius 3 is 2.65 bits per heavy atom. The monoisotopic (exact) mass is 314 g/mol. The Bertz CT molecular complexity index is 721. The molecule has 1 aromatic carbocycles. The van der Waals surface area contributed by atoms with Crippen LogP contribution in [0, 0.1) is 0 Å². The van der Waals surface area contributed by atoms with Gasteiger partial charge in [0.25, 0.3) is 5.91 Å². The van der Waals surface area contributed by atoms with E-state index in [1.165, 1.54) is 0 Å². The molecule has 0 atom stereocenters. The van der Waals surface area contributed by atoms with Gasteiger partial charge >= 0.3 is 6.03 Å². The van der Waals surface area contributed by atoms with Crippen LogP contribution in [0.1, 0.15) is 15.9 Å². The average Bonchev–Trinajstić information content (AvgIpc) is 3.06. The molecule has 118 valence electrons. The van der Waals surface area contributed by atoms with Crippen molar-refractivity contribution in [2.45, 2.75) is 6.54 Å². The van der Waals surface area contributed by atoms with E-state index in [1.54, 1.807) is 42.7 Å². The Morgan fingerprint density at radius 1 is 1.04 bits per heavy atom. The first kappa shape index (κ1) is 14.6. The second-order valence-corrected chi connectivity index (χ2v) is 4.69. The zero-order chi connectivity index (χ0) is 16.1. The van der Waals surface area contributed by atoms with Gasteiger partial charge in [0, 0.05) is 24.5 Å². The third-order valence-corrected chi connectivity index (χ3v) is 3.13. The first-order chi connectivity index (χ1) is 11.2. The number of hydrazine groups is 1. The van der Waals surface area contributed by atoms with Gasteiger partial charge in [-0.05, 0) is 35.9 Å². The summed E-state index contributed by atoms with van der Waals surface area (Å²) < 4.78 is 10.4. The topological polar surface area (TPSA) is 102 Å². The summed E-state index contributed by atoms with van der Waals surface area (Å²) in [6.45, 7) is 0.463. The molecule has 1 aromatic heterocycles. The van der Waals surface area contributed by atoms with Crippen molar-refractivity contribution in [2.75, 3.05) is 6.79 Å². The molecule has 8 nitrogen and oxygen atoms in total. The van der Waals surface area contributed by atoms with Crippen LogP contribution in [-0.2, 0) is 6.54 Å². The van der Waals surface area contributed by atoms with Crippen LogP contribution >= 0.6 is 0 Å². The first-order valence-electron chi connectivity index (χ1n) is 6.85. The molecule has 0 saturated heterocycles. The lowest BCUT2D eigenvalue weighted by atomic mass is 10.2. The van der Waals surface area contributed by atoms with Crippen molar-refractivity contribution in [2.24, 2.45) is 0 Å². The van der Waals surface area contributed by atoms with Gasteiger partial charge in [0.05, 0.1) is 0 Å². The van der Waals surface area contributed by atoms with Crippen LogP contribution in [0.15, 0.2) is 42.7 Å². The van der Waals surface area contributed by atoms with E-state index in [0.717, 1.165) is 5.56 Å². The molecule has 8 heteroatoms. The standard InChI is InChI=1S/C15H14N4O4/c20-14(11-1-2-12-13(7-11)23-9-22-12)18-19-15(21)17-8-10-3-5-16-6-4-10/h1-7H,8-9H2,(H,18,20)(H2,17,19,21). The zero-order valence-electron chi connectivity index (χ0n) is 12.0. The number of aromatic nitrogens is 1. The molecule has 0 spiro atoms. The molecule has 2 heterocycles. The fraction of sp³-hybridized carbons (Fsp3) is 0.133. The number of amides is 3. The molecule has 23 heavy (non-hydrogen) atoms. The van der Waals surface area contributed by atoms with Crippen molar-refractivity contribution in [3.05, 3.63) is 53.9 Å². The minimum atomic E-state index is -0.518. The second-order valence-electron chi connectivity index (χ2n) is 4.69. The molecule has 1 aliphatic rings. The maximum atomic E-state index is 12.0. The number of nitrogens with zero attached hydrogens (tertiary/aromatic N) is 1. The number of benzene rings is 1. The number of urea groups is 1. The molecule has 0 bridgehead atoms. The summed E-state index contributed by atoms with van der Waals surface area (Å²) in [7, 11) is 0. The smallest absolute Gasteiger partial charge is 0.333 e.